The van der Waals surface area contributed by atoms with Crippen LogP contribution in [-0.2, 0) is 22.4 Å². The lowest BCUT2D eigenvalue weighted by Crippen LogP contribution is -2.34. The Bertz CT molecular complexity index is 475. The van der Waals surface area contributed by atoms with Crippen LogP contribution in [-0.4, -0.2) is 17.9 Å². The summed E-state index contributed by atoms with van der Waals surface area (Å²) in [6.45, 7) is 8.04. The molecule has 0 aromatic heterocycles. The second-order valence-electron chi connectivity index (χ2n) is 5.26. The highest BCUT2D eigenvalue weighted by Crippen LogP contribution is 2.22. The van der Waals surface area contributed by atoms with Gasteiger partial charge in [0.25, 0.3) is 0 Å². The summed E-state index contributed by atoms with van der Waals surface area (Å²) in [4.78, 5) is 23.8. The van der Waals surface area contributed by atoms with E-state index in [9.17, 15) is 9.59 Å². The van der Waals surface area contributed by atoms with Gasteiger partial charge < -0.3 is 10.6 Å². The number of hydrogen-bond donors (Lipinski definition) is 2. The Morgan fingerprint density at radius 3 is 2.10 bits per heavy atom. The summed E-state index contributed by atoms with van der Waals surface area (Å²) in [5.41, 5.74) is 3.07. The summed E-state index contributed by atoms with van der Waals surface area (Å²) in [5.74, 6) is -0.486. The van der Waals surface area contributed by atoms with Gasteiger partial charge in [-0.2, -0.15) is 0 Å². The number of anilines is 1. The van der Waals surface area contributed by atoms with Gasteiger partial charge in [-0.05, 0) is 37.3 Å². The fraction of sp³-hybridized carbons (Fsp3) is 0.529. The first-order valence-corrected chi connectivity index (χ1v) is 7.71. The number of carbonyl (C=O) groups is 2. The van der Waals surface area contributed by atoms with Gasteiger partial charge in [-0.3, -0.25) is 9.59 Å². The van der Waals surface area contributed by atoms with E-state index < -0.39 is 0 Å². The lowest BCUT2D eigenvalue weighted by Gasteiger charge is -2.15. The van der Waals surface area contributed by atoms with Crippen molar-refractivity contribution in [1.29, 1.82) is 0 Å². The zero-order valence-corrected chi connectivity index (χ0v) is 13.5. The summed E-state index contributed by atoms with van der Waals surface area (Å²) in [6, 6.07) is 6.12. The maximum absolute atomic E-state index is 12.1. The smallest absolute Gasteiger partial charge is 0.233 e. The molecule has 0 radical (unpaired) electrons. The first-order chi connectivity index (χ1) is 10.0. The predicted octanol–water partition coefficient (Wildman–Crippen LogP) is 3.05. The summed E-state index contributed by atoms with van der Waals surface area (Å²) in [6.07, 6.45) is 2.42. The molecule has 2 N–H and O–H groups in total. The van der Waals surface area contributed by atoms with E-state index in [1.807, 2.05) is 32.0 Å². The third-order valence-electron chi connectivity index (χ3n) is 3.60. The molecule has 1 aromatic rings. The van der Waals surface area contributed by atoms with Crippen LogP contribution in [0, 0.1) is 0 Å². The van der Waals surface area contributed by atoms with Crippen molar-refractivity contribution >= 4 is 17.5 Å². The molecule has 1 atom stereocenters. The molecule has 0 aliphatic heterocycles. The van der Waals surface area contributed by atoms with Gasteiger partial charge in [0.05, 0.1) is 0 Å². The minimum Gasteiger partial charge on any atom is -0.353 e. The van der Waals surface area contributed by atoms with E-state index in [1.54, 1.807) is 0 Å². The maximum atomic E-state index is 12.1. The van der Waals surface area contributed by atoms with Gasteiger partial charge in [-0.1, -0.05) is 39.0 Å². The van der Waals surface area contributed by atoms with Crippen molar-refractivity contribution < 1.29 is 9.59 Å². The maximum Gasteiger partial charge on any atom is 0.233 e. The molecule has 0 saturated carbocycles. The average Bonchev–Trinajstić information content (AvgIpc) is 2.46. The van der Waals surface area contributed by atoms with Gasteiger partial charge in [0.15, 0.2) is 0 Å². The molecular weight excluding hydrogens is 264 g/mol. The standard InChI is InChI=1S/C17H26N2O2/c1-5-12(4)18-15(20)11-16(21)19-17-13(6-2)9-8-10-14(17)7-3/h8-10,12H,5-7,11H2,1-4H3,(H,18,20)(H,19,21). The summed E-state index contributed by atoms with van der Waals surface area (Å²) < 4.78 is 0. The van der Waals surface area contributed by atoms with E-state index in [4.69, 9.17) is 0 Å². The highest BCUT2D eigenvalue weighted by molar-refractivity contribution is 6.04. The Morgan fingerprint density at radius 2 is 1.62 bits per heavy atom. The number of amides is 2. The van der Waals surface area contributed by atoms with Crippen LogP contribution in [0.15, 0.2) is 18.2 Å². The largest absolute Gasteiger partial charge is 0.353 e. The minimum absolute atomic E-state index is 0.0967. The molecule has 4 heteroatoms. The van der Waals surface area contributed by atoms with Crippen molar-refractivity contribution in [2.24, 2.45) is 0 Å². The number of carbonyl (C=O) groups excluding carboxylic acids is 2. The second kappa shape index (κ2) is 8.45. The van der Waals surface area contributed by atoms with E-state index in [0.717, 1.165) is 36.1 Å². The molecule has 21 heavy (non-hydrogen) atoms. The van der Waals surface area contributed by atoms with Crippen molar-refractivity contribution in [2.75, 3.05) is 5.32 Å². The molecule has 0 fully saturated rings. The summed E-state index contributed by atoms with van der Waals surface area (Å²) in [7, 11) is 0. The Morgan fingerprint density at radius 1 is 1.05 bits per heavy atom. The SMILES string of the molecule is CCc1cccc(CC)c1NC(=O)CC(=O)NC(C)CC. The normalized spacial score (nSPS) is 11.8. The molecule has 0 heterocycles. The molecule has 0 saturated heterocycles. The third kappa shape index (κ3) is 5.21. The van der Waals surface area contributed by atoms with Crippen molar-refractivity contribution in [2.45, 2.75) is 59.4 Å². The van der Waals surface area contributed by atoms with Crippen molar-refractivity contribution in [3.63, 3.8) is 0 Å². The van der Waals surface area contributed by atoms with Crippen LogP contribution < -0.4 is 10.6 Å². The van der Waals surface area contributed by atoms with Crippen LogP contribution in [0.3, 0.4) is 0 Å². The molecule has 1 rings (SSSR count). The zero-order valence-electron chi connectivity index (χ0n) is 13.5. The molecule has 0 bridgehead atoms. The first kappa shape index (κ1) is 17.2. The highest BCUT2D eigenvalue weighted by Gasteiger charge is 2.14. The number of nitrogens with one attached hydrogen (secondary N) is 2. The van der Waals surface area contributed by atoms with Crippen LogP contribution >= 0.6 is 0 Å². The molecule has 2 amide bonds. The Hall–Kier alpha value is -1.84. The molecule has 4 nitrogen and oxygen atoms in total. The lowest BCUT2D eigenvalue weighted by atomic mass is 10.0. The van der Waals surface area contributed by atoms with E-state index >= 15 is 0 Å². The van der Waals surface area contributed by atoms with Crippen molar-refractivity contribution in [1.82, 2.24) is 5.32 Å². The fourth-order valence-corrected chi connectivity index (χ4v) is 2.16. The number of aryl methyl sites for hydroxylation is 2. The van der Waals surface area contributed by atoms with Crippen LogP contribution in [0.2, 0.25) is 0 Å². The molecule has 0 aliphatic carbocycles. The van der Waals surface area contributed by atoms with E-state index in [-0.39, 0.29) is 24.3 Å². The first-order valence-electron chi connectivity index (χ1n) is 7.71. The van der Waals surface area contributed by atoms with Gasteiger partial charge in [0.1, 0.15) is 6.42 Å². The van der Waals surface area contributed by atoms with Gasteiger partial charge in [-0.15, -0.1) is 0 Å². The third-order valence-corrected chi connectivity index (χ3v) is 3.60. The molecule has 1 unspecified atom stereocenters. The number of rotatable bonds is 7. The minimum atomic E-state index is -0.258. The summed E-state index contributed by atoms with van der Waals surface area (Å²) in [5, 5.41) is 5.71. The molecule has 0 spiro atoms. The van der Waals surface area contributed by atoms with E-state index in [2.05, 4.69) is 24.5 Å². The van der Waals surface area contributed by atoms with E-state index in [1.165, 1.54) is 0 Å². The van der Waals surface area contributed by atoms with Gasteiger partial charge in [-0.25, -0.2) is 0 Å². The van der Waals surface area contributed by atoms with Crippen LogP contribution in [0.25, 0.3) is 0 Å². The quantitative estimate of drug-likeness (QED) is 0.758. The molecule has 1 aromatic carbocycles. The number of hydrogen-bond acceptors (Lipinski definition) is 2. The molecule has 0 aliphatic rings. The van der Waals surface area contributed by atoms with Gasteiger partial charge in [0.2, 0.25) is 11.8 Å². The number of benzene rings is 1. The predicted molar refractivity (Wildman–Crippen MR) is 86.3 cm³/mol. The fourth-order valence-electron chi connectivity index (χ4n) is 2.16. The molecular formula is C17H26N2O2. The summed E-state index contributed by atoms with van der Waals surface area (Å²) >= 11 is 0. The van der Waals surface area contributed by atoms with Crippen LogP contribution in [0.5, 0.6) is 0 Å². The Balaban J connectivity index is 2.73. The average molecular weight is 290 g/mol. The van der Waals surface area contributed by atoms with Crippen molar-refractivity contribution in [3.05, 3.63) is 29.3 Å². The Kier molecular flexibility index (Phi) is 6.92. The highest BCUT2D eigenvalue weighted by atomic mass is 16.2. The molecule has 116 valence electrons. The topological polar surface area (TPSA) is 58.2 Å². The van der Waals surface area contributed by atoms with Crippen molar-refractivity contribution in [3.8, 4) is 0 Å². The van der Waals surface area contributed by atoms with Crippen LogP contribution in [0.4, 0.5) is 5.69 Å². The monoisotopic (exact) mass is 290 g/mol. The number of para-hydroxylation sites is 1. The second-order valence-corrected chi connectivity index (χ2v) is 5.26. The zero-order chi connectivity index (χ0) is 15.8. The van der Waals surface area contributed by atoms with Gasteiger partial charge >= 0.3 is 0 Å². The van der Waals surface area contributed by atoms with Crippen LogP contribution in [0.1, 0.15) is 51.7 Å². The lowest BCUT2D eigenvalue weighted by molar-refractivity contribution is -0.127. The van der Waals surface area contributed by atoms with Gasteiger partial charge in [0, 0.05) is 11.7 Å². The van der Waals surface area contributed by atoms with E-state index in [0.29, 0.717) is 0 Å². The Labute approximate surface area is 127 Å².